The molecule has 0 N–H and O–H groups in total. The SMILES string of the molecule is c1ccc(-c2cccc(-c3nc(-c4cccc(-c5cccc(-c6cccc7c6oc6ccccc67)c5)c4)nc4sc5ccccc5c34)c2)cc1.c1ccc(-c2nc(-c3cccc(-c4cccc(-c5cccc6c5c5ccccc5n6-c5ccccc5)c4)c3)nc3sc4ccccc4c23)cc1.c1ccc(-c2nc(-c3cccc(-c4cccc5c4c4ccccc4n5-c4ccccc4)c3)c3c(n2)sc2ccccc23)cc1. The highest BCUT2D eigenvalue weighted by Crippen LogP contribution is 2.49. The molecule has 12 heteroatoms. The van der Waals surface area contributed by atoms with Gasteiger partial charge in [0, 0.05) is 129 Å². The Balaban J connectivity index is 0.000000108. The maximum atomic E-state index is 6.38. The van der Waals surface area contributed by atoms with E-state index < -0.39 is 0 Å². The van der Waals surface area contributed by atoms with Crippen molar-refractivity contribution in [1.82, 2.24) is 39.0 Å². The van der Waals surface area contributed by atoms with Gasteiger partial charge in [-0.3, -0.25) is 0 Å². The van der Waals surface area contributed by atoms with Crippen LogP contribution in [0, 0.1) is 0 Å². The summed E-state index contributed by atoms with van der Waals surface area (Å²) in [4.78, 5) is 34.3. The molecule has 0 saturated heterocycles. The zero-order chi connectivity index (χ0) is 95.1. The van der Waals surface area contributed by atoms with Crippen LogP contribution in [-0.4, -0.2) is 39.0 Å². The molecule has 20 aromatic carbocycles. The third-order valence-corrected chi connectivity index (χ3v) is 30.8. The third kappa shape index (κ3) is 15.2. The van der Waals surface area contributed by atoms with Crippen LogP contribution in [0.15, 0.2) is 502 Å². The molecular weight excluding hydrogens is 1810 g/mol. The molecule has 0 aliphatic carbocycles. The van der Waals surface area contributed by atoms with E-state index in [0.717, 1.165) is 171 Å². The van der Waals surface area contributed by atoms with Crippen LogP contribution < -0.4 is 0 Å². The number of para-hydroxylation sites is 6. The van der Waals surface area contributed by atoms with Crippen molar-refractivity contribution >= 4 is 160 Å². The molecule has 0 aliphatic rings. The molecule has 0 atom stereocenters. The average molecular weight is 1890 g/mol. The van der Waals surface area contributed by atoms with Crippen LogP contribution in [0.25, 0.3) is 273 Å². The van der Waals surface area contributed by atoms with Gasteiger partial charge >= 0.3 is 0 Å². The molecule has 0 spiro atoms. The number of aromatic nitrogens is 8. The molecule has 0 fully saturated rings. The van der Waals surface area contributed by atoms with Crippen LogP contribution in [0.4, 0.5) is 0 Å². The van der Waals surface area contributed by atoms with Gasteiger partial charge in [0.1, 0.15) is 25.7 Å². The van der Waals surface area contributed by atoms with Gasteiger partial charge < -0.3 is 13.6 Å². The maximum Gasteiger partial charge on any atom is 0.161 e. The minimum Gasteiger partial charge on any atom is -0.455 e. The summed E-state index contributed by atoms with van der Waals surface area (Å²) in [6, 6.07) is 176. The fourth-order valence-electron chi connectivity index (χ4n) is 21.0. The summed E-state index contributed by atoms with van der Waals surface area (Å²) in [5.41, 5.74) is 31.9. The largest absolute Gasteiger partial charge is 0.455 e. The van der Waals surface area contributed by atoms with Gasteiger partial charge in [0.05, 0.1) is 39.1 Å². The number of rotatable bonds is 14. The summed E-state index contributed by atoms with van der Waals surface area (Å²) in [5, 5.41) is 14.2. The molecule has 0 saturated carbocycles. The topological polar surface area (TPSA) is 100 Å². The van der Waals surface area contributed by atoms with Gasteiger partial charge in [-0.2, -0.15) is 0 Å². The minimum absolute atomic E-state index is 0.717. The Bertz CT molecular complexity index is 10100. The second-order valence-corrected chi connectivity index (χ2v) is 39.3. The Morgan fingerprint density at radius 1 is 0.174 bits per heavy atom. The summed E-state index contributed by atoms with van der Waals surface area (Å²) < 4.78 is 14.8. The first-order chi connectivity index (χ1) is 71.4. The van der Waals surface area contributed by atoms with Crippen molar-refractivity contribution in [2.24, 2.45) is 0 Å². The molecule has 9 nitrogen and oxygen atoms in total. The van der Waals surface area contributed by atoms with E-state index >= 15 is 0 Å². The lowest BCUT2D eigenvalue weighted by molar-refractivity contribution is 0.670. The lowest BCUT2D eigenvalue weighted by Crippen LogP contribution is -1.94. The van der Waals surface area contributed by atoms with Crippen molar-refractivity contribution in [3.05, 3.63) is 497 Å². The van der Waals surface area contributed by atoms with Crippen molar-refractivity contribution in [2.75, 3.05) is 0 Å². The summed E-state index contributed by atoms with van der Waals surface area (Å²) in [5.74, 6) is 2.20. The number of hydrogen-bond acceptors (Lipinski definition) is 10. The molecule has 29 rings (SSSR count). The van der Waals surface area contributed by atoms with E-state index in [1.165, 1.54) is 96.1 Å². The molecule has 0 amide bonds. The first kappa shape index (κ1) is 84.9. The van der Waals surface area contributed by atoms with Crippen LogP contribution in [0.3, 0.4) is 0 Å². The van der Waals surface area contributed by atoms with E-state index in [1.807, 2.05) is 36.4 Å². The van der Waals surface area contributed by atoms with E-state index in [1.54, 1.807) is 34.0 Å². The first-order valence-electron chi connectivity index (χ1n) is 48.3. The molecule has 674 valence electrons. The van der Waals surface area contributed by atoms with E-state index in [0.29, 0.717) is 5.82 Å². The van der Waals surface area contributed by atoms with Crippen molar-refractivity contribution in [1.29, 1.82) is 0 Å². The highest BCUT2D eigenvalue weighted by atomic mass is 32.1. The summed E-state index contributed by atoms with van der Waals surface area (Å²) in [6.07, 6.45) is 0. The highest BCUT2D eigenvalue weighted by Gasteiger charge is 2.26. The van der Waals surface area contributed by atoms with Gasteiger partial charge in [-0.05, 0) is 170 Å². The minimum atomic E-state index is 0.717. The van der Waals surface area contributed by atoms with E-state index in [-0.39, 0.29) is 0 Å². The van der Waals surface area contributed by atoms with E-state index in [2.05, 4.69) is 470 Å². The molecule has 0 aliphatic heterocycles. The van der Waals surface area contributed by atoms with Crippen molar-refractivity contribution in [3.8, 4) is 146 Å². The normalized spacial score (nSPS) is 11.6. The standard InChI is InChI=1S/C46H29N3S.C46H28N2OS.C40H25N3S/c1-3-14-30(15-4-1)44-43-38-23-8-10-27-41(38)50-46(43)48-45(47-44)34-19-12-17-32(29-34)31-16-11-18-33(28-31)36-24-13-26-40-42(36)37-22-7-9-25-39(37)49(40)35-20-5-2-6-21-35;1-2-12-29(13-3-1)30-14-9-18-34(27-30)43-42-39-21-5-7-25-41(39)50-46(42)48-45(47-43)35-19-10-16-32(28-35)31-15-8-17-33(26-31)36-22-11-23-38-37-20-4-6-24-40(37)49-44(36)38;1-3-13-26(14-4-1)39-41-38(37-32-20-8-10-24-35(32)44-40(37)42-39)28-16-11-15-27(25-28)30-21-12-23-34-36(30)31-19-7-9-22-33(31)43(34)29-17-5-2-6-18-29/h1-29H;1-28H;1-25H. The van der Waals surface area contributed by atoms with Crippen molar-refractivity contribution in [3.63, 3.8) is 0 Å². The molecule has 144 heavy (non-hydrogen) atoms. The van der Waals surface area contributed by atoms with Crippen molar-refractivity contribution < 1.29 is 4.42 Å². The van der Waals surface area contributed by atoms with E-state index in [4.69, 9.17) is 34.3 Å². The van der Waals surface area contributed by atoms with Crippen LogP contribution in [-0.2, 0) is 0 Å². The number of thiophene rings is 3. The second kappa shape index (κ2) is 36.2. The lowest BCUT2D eigenvalue weighted by atomic mass is 9.95. The number of benzene rings is 20. The Hall–Kier alpha value is -18.3. The van der Waals surface area contributed by atoms with Gasteiger partial charge in [0.15, 0.2) is 17.5 Å². The summed E-state index contributed by atoms with van der Waals surface area (Å²) >= 11 is 5.18. The van der Waals surface area contributed by atoms with Gasteiger partial charge in [0.25, 0.3) is 0 Å². The Labute approximate surface area is 840 Å². The van der Waals surface area contributed by atoms with Gasteiger partial charge in [-0.15, -0.1) is 34.0 Å². The van der Waals surface area contributed by atoms with Gasteiger partial charge in [0.2, 0.25) is 0 Å². The quantitative estimate of drug-likeness (QED) is 0.107. The second-order valence-electron chi connectivity index (χ2n) is 36.2. The van der Waals surface area contributed by atoms with Crippen LogP contribution in [0.1, 0.15) is 0 Å². The van der Waals surface area contributed by atoms with Gasteiger partial charge in [-0.25, -0.2) is 29.9 Å². The lowest BCUT2D eigenvalue weighted by Gasteiger charge is -2.11. The van der Waals surface area contributed by atoms with Crippen LogP contribution >= 0.6 is 34.0 Å². The Morgan fingerprint density at radius 3 is 0.903 bits per heavy atom. The first-order valence-corrected chi connectivity index (χ1v) is 50.8. The Morgan fingerprint density at radius 2 is 0.451 bits per heavy atom. The zero-order valence-electron chi connectivity index (χ0n) is 77.6. The highest BCUT2D eigenvalue weighted by molar-refractivity contribution is 7.26. The molecule has 0 unspecified atom stereocenters. The Kier molecular flexibility index (Phi) is 21.3. The molecular formula is C132H82N8OS3. The summed E-state index contributed by atoms with van der Waals surface area (Å²) in [6.45, 7) is 0. The van der Waals surface area contributed by atoms with Gasteiger partial charge in [-0.1, -0.05) is 388 Å². The zero-order valence-corrected chi connectivity index (χ0v) is 80.0. The molecule has 0 radical (unpaired) electrons. The maximum absolute atomic E-state index is 6.38. The molecule has 9 heterocycles. The average Bonchev–Trinajstić information content (AvgIpc) is 1.57. The molecule has 9 aromatic heterocycles. The predicted molar refractivity (Wildman–Crippen MR) is 606 cm³/mol. The monoisotopic (exact) mass is 1890 g/mol. The predicted octanol–water partition coefficient (Wildman–Crippen LogP) is 36.6. The number of hydrogen-bond donors (Lipinski definition) is 0. The van der Waals surface area contributed by atoms with Crippen LogP contribution in [0.5, 0.6) is 0 Å². The third-order valence-electron chi connectivity index (χ3n) is 27.6. The number of fused-ring (bicyclic) bond motifs is 18. The number of furan rings is 1. The fraction of sp³-hybridized carbons (Fsp3) is 0. The number of nitrogens with zero attached hydrogens (tertiary/aromatic N) is 8. The summed E-state index contributed by atoms with van der Waals surface area (Å²) in [7, 11) is 0. The smallest absolute Gasteiger partial charge is 0.161 e. The van der Waals surface area contributed by atoms with Crippen molar-refractivity contribution in [2.45, 2.75) is 0 Å². The fourth-order valence-corrected chi connectivity index (χ4v) is 24.2. The van der Waals surface area contributed by atoms with E-state index in [9.17, 15) is 0 Å². The molecule has 0 bridgehead atoms. The molecule has 29 aromatic rings. The van der Waals surface area contributed by atoms with Crippen LogP contribution in [0.2, 0.25) is 0 Å².